The van der Waals surface area contributed by atoms with Crippen LogP contribution in [0.4, 0.5) is 0 Å². The van der Waals surface area contributed by atoms with Crippen LogP contribution in [0.2, 0.25) is 0 Å². The fourth-order valence-electron chi connectivity index (χ4n) is 2.76. The van der Waals surface area contributed by atoms with Crippen LogP contribution in [0.1, 0.15) is 24.8 Å². The minimum atomic E-state index is -0.217. The molecule has 0 N–H and O–H groups in total. The average Bonchev–Trinajstić information content (AvgIpc) is 3.24. The third-order valence-corrected chi connectivity index (χ3v) is 4.00. The van der Waals surface area contributed by atoms with Crippen molar-refractivity contribution in [3.8, 4) is 0 Å². The van der Waals surface area contributed by atoms with E-state index < -0.39 is 0 Å². The van der Waals surface area contributed by atoms with Crippen molar-refractivity contribution < 1.29 is 9.53 Å². The molecule has 1 aromatic rings. The topological polar surface area (TPSA) is 29.5 Å². The average molecular weight is 245 g/mol. The Balaban J connectivity index is 1.79. The molecule has 1 aliphatic heterocycles. The summed E-state index contributed by atoms with van der Waals surface area (Å²) in [6, 6.07) is 10.2. The summed E-state index contributed by atoms with van der Waals surface area (Å²) >= 11 is 0. The van der Waals surface area contributed by atoms with Crippen LogP contribution >= 0.6 is 0 Å². The molecule has 0 aromatic heterocycles. The molecule has 3 rings (SSSR count). The Kier molecular flexibility index (Phi) is 3.08. The van der Waals surface area contributed by atoms with Crippen LogP contribution in [0.25, 0.3) is 0 Å². The van der Waals surface area contributed by atoms with Gasteiger partial charge < -0.3 is 9.64 Å². The molecule has 2 fully saturated rings. The van der Waals surface area contributed by atoms with Gasteiger partial charge in [-0.2, -0.15) is 0 Å². The molecule has 0 bridgehead atoms. The van der Waals surface area contributed by atoms with E-state index in [1.165, 1.54) is 5.56 Å². The first kappa shape index (κ1) is 11.7. The summed E-state index contributed by atoms with van der Waals surface area (Å²) < 4.78 is 5.42. The van der Waals surface area contributed by atoms with Crippen molar-refractivity contribution in [2.45, 2.75) is 24.7 Å². The summed E-state index contributed by atoms with van der Waals surface area (Å²) in [5.74, 6) is 0.305. The Labute approximate surface area is 108 Å². The van der Waals surface area contributed by atoms with Gasteiger partial charge in [0, 0.05) is 19.7 Å². The van der Waals surface area contributed by atoms with Gasteiger partial charge >= 0.3 is 0 Å². The van der Waals surface area contributed by atoms with Crippen molar-refractivity contribution in [1.82, 2.24) is 4.90 Å². The first-order valence-corrected chi connectivity index (χ1v) is 6.76. The molecular formula is C15H19NO2. The van der Waals surface area contributed by atoms with Gasteiger partial charge in [-0.05, 0) is 24.8 Å². The van der Waals surface area contributed by atoms with Crippen LogP contribution in [0.3, 0.4) is 0 Å². The Morgan fingerprint density at radius 2 is 1.89 bits per heavy atom. The monoisotopic (exact) mass is 245 g/mol. The highest BCUT2D eigenvalue weighted by atomic mass is 16.5. The fourth-order valence-corrected chi connectivity index (χ4v) is 2.76. The summed E-state index contributed by atoms with van der Waals surface area (Å²) in [6.45, 7) is 3.04. The lowest BCUT2D eigenvalue weighted by Crippen LogP contribution is -2.40. The van der Waals surface area contributed by atoms with Gasteiger partial charge in [-0.15, -0.1) is 0 Å². The number of hydrogen-bond acceptors (Lipinski definition) is 2. The zero-order valence-corrected chi connectivity index (χ0v) is 10.6. The van der Waals surface area contributed by atoms with E-state index in [9.17, 15) is 4.79 Å². The fraction of sp³-hybridized carbons (Fsp3) is 0.533. The predicted octanol–water partition coefficient (Wildman–Crippen LogP) is 1.97. The van der Waals surface area contributed by atoms with E-state index in [4.69, 9.17) is 4.74 Å². The highest BCUT2D eigenvalue weighted by molar-refractivity contribution is 5.91. The van der Waals surface area contributed by atoms with Gasteiger partial charge in [-0.25, -0.2) is 0 Å². The molecule has 0 radical (unpaired) electrons. The Hall–Kier alpha value is -1.35. The maximum Gasteiger partial charge on any atom is 0.233 e. The normalized spacial score (nSPS) is 22.3. The molecule has 2 aliphatic rings. The lowest BCUT2D eigenvalue weighted by molar-refractivity contribution is -0.134. The summed E-state index contributed by atoms with van der Waals surface area (Å²) in [4.78, 5) is 14.7. The molecule has 0 spiro atoms. The molecule has 18 heavy (non-hydrogen) atoms. The van der Waals surface area contributed by atoms with E-state index in [1.54, 1.807) is 0 Å². The largest absolute Gasteiger partial charge is 0.380 e. The smallest absolute Gasteiger partial charge is 0.233 e. The number of carbonyl (C=O) groups excluding carboxylic acids is 1. The SMILES string of the molecule is O=C(N1CCCOCC1)C1(c2ccccc2)CC1. The maximum absolute atomic E-state index is 12.7. The number of rotatable bonds is 2. The van der Waals surface area contributed by atoms with Gasteiger partial charge in [-0.1, -0.05) is 30.3 Å². The first-order chi connectivity index (χ1) is 8.83. The number of hydrogen-bond donors (Lipinski definition) is 0. The third-order valence-electron chi connectivity index (χ3n) is 4.00. The molecule has 3 nitrogen and oxygen atoms in total. The summed E-state index contributed by atoms with van der Waals surface area (Å²) in [5.41, 5.74) is 0.964. The van der Waals surface area contributed by atoms with Crippen LogP contribution in [0.5, 0.6) is 0 Å². The van der Waals surface area contributed by atoms with Crippen molar-refractivity contribution in [1.29, 1.82) is 0 Å². The molecular weight excluding hydrogens is 226 g/mol. The van der Waals surface area contributed by atoms with Crippen molar-refractivity contribution >= 4 is 5.91 Å². The molecule has 1 aliphatic carbocycles. The van der Waals surface area contributed by atoms with Crippen molar-refractivity contribution in [2.24, 2.45) is 0 Å². The van der Waals surface area contributed by atoms with Gasteiger partial charge in [-0.3, -0.25) is 4.79 Å². The predicted molar refractivity (Wildman–Crippen MR) is 69.4 cm³/mol. The second-order valence-corrected chi connectivity index (χ2v) is 5.21. The molecule has 1 saturated heterocycles. The van der Waals surface area contributed by atoms with Gasteiger partial charge in [0.15, 0.2) is 0 Å². The Morgan fingerprint density at radius 3 is 2.61 bits per heavy atom. The highest BCUT2D eigenvalue weighted by Crippen LogP contribution is 2.49. The number of nitrogens with zero attached hydrogens (tertiary/aromatic N) is 1. The lowest BCUT2D eigenvalue weighted by Gasteiger charge is -2.25. The Bertz CT molecular complexity index is 417. The quantitative estimate of drug-likeness (QED) is 0.797. The van der Waals surface area contributed by atoms with Crippen LogP contribution in [0, 0.1) is 0 Å². The zero-order chi connectivity index (χ0) is 12.4. The molecule has 96 valence electrons. The van der Waals surface area contributed by atoms with Crippen molar-refractivity contribution in [2.75, 3.05) is 26.3 Å². The molecule has 1 amide bonds. The molecule has 1 saturated carbocycles. The highest BCUT2D eigenvalue weighted by Gasteiger charge is 2.52. The second-order valence-electron chi connectivity index (χ2n) is 5.21. The molecule has 0 unspecified atom stereocenters. The molecule has 1 heterocycles. The maximum atomic E-state index is 12.7. The lowest BCUT2D eigenvalue weighted by atomic mass is 9.94. The van der Waals surface area contributed by atoms with E-state index in [0.29, 0.717) is 12.5 Å². The van der Waals surface area contributed by atoms with Gasteiger partial charge in [0.05, 0.1) is 12.0 Å². The first-order valence-electron chi connectivity index (χ1n) is 6.76. The number of benzene rings is 1. The molecule has 1 aromatic carbocycles. The van der Waals surface area contributed by atoms with Crippen LogP contribution in [-0.4, -0.2) is 37.1 Å². The van der Waals surface area contributed by atoms with Crippen LogP contribution in [0.15, 0.2) is 30.3 Å². The number of amides is 1. The number of ether oxygens (including phenoxy) is 1. The van der Waals surface area contributed by atoms with E-state index >= 15 is 0 Å². The van der Waals surface area contributed by atoms with Gasteiger partial charge in [0.1, 0.15) is 0 Å². The summed E-state index contributed by atoms with van der Waals surface area (Å²) in [7, 11) is 0. The van der Waals surface area contributed by atoms with Crippen LogP contribution < -0.4 is 0 Å². The molecule has 3 heteroatoms. The van der Waals surface area contributed by atoms with Gasteiger partial charge in [0.25, 0.3) is 0 Å². The Morgan fingerprint density at radius 1 is 1.11 bits per heavy atom. The van der Waals surface area contributed by atoms with Crippen LogP contribution in [-0.2, 0) is 14.9 Å². The third kappa shape index (κ3) is 2.03. The van der Waals surface area contributed by atoms with E-state index in [-0.39, 0.29) is 5.41 Å². The minimum Gasteiger partial charge on any atom is -0.380 e. The summed E-state index contributed by atoms with van der Waals surface area (Å²) in [5, 5.41) is 0. The van der Waals surface area contributed by atoms with Crippen molar-refractivity contribution in [3.05, 3.63) is 35.9 Å². The van der Waals surface area contributed by atoms with E-state index in [1.807, 2.05) is 23.1 Å². The standard InChI is InChI=1S/C15H19NO2/c17-14(16-9-4-11-18-12-10-16)15(7-8-15)13-5-2-1-3-6-13/h1-3,5-6H,4,7-12H2. The molecule has 0 atom stereocenters. The van der Waals surface area contributed by atoms with Crippen molar-refractivity contribution in [3.63, 3.8) is 0 Å². The number of carbonyl (C=O) groups is 1. The van der Waals surface area contributed by atoms with Gasteiger partial charge in [0.2, 0.25) is 5.91 Å². The minimum absolute atomic E-state index is 0.217. The van der Waals surface area contributed by atoms with E-state index in [0.717, 1.165) is 39.0 Å². The summed E-state index contributed by atoms with van der Waals surface area (Å²) in [6.07, 6.45) is 2.94. The second kappa shape index (κ2) is 4.73. The zero-order valence-electron chi connectivity index (χ0n) is 10.6. The van der Waals surface area contributed by atoms with E-state index in [2.05, 4.69) is 12.1 Å².